The maximum atomic E-state index is 5.08. The van der Waals surface area contributed by atoms with Crippen molar-refractivity contribution in [3.63, 3.8) is 0 Å². The molecule has 0 saturated carbocycles. The first-order valence-corrected chi connectivity index (χ1v) is 3.43. The Bertz CT molecular complexity index is 121. The van der Waals surface area contributed by atoms with Crippen LogP contribution in [-0.2, 0) is 4.74 Å². The maximum Gasteiger partial charge on any atom is 0.0645 e. The molecule has 50 valence electrons. The van der Waals surface area contributed by atoms with Crippen LogP contribution in [0.5, 0.6) is 0 Å². The van der Waals surface area contributed by atoms with Gasteiger partial charge in [0, 0.05) is 13.1 Å². The van der Waals surface area contributed by atoms with Gasteiger partial charge in [-0.2, -0.15) is 0 Å². The average molecular weight is 125 g/mol. The molecule has 0 amide bonds. The van der Waals surface area contributed by atoms with Crippen LogP contribution in [0.4, 0.5) is 0 Å². The molecule has 0 aromatic carbocycles. The van der Waals surface area contributed by atoms with E-state index in [4.69, 9.17) is 4.74 Å². The third-order valence-electron chi connectivity index (χ3n) is 1.98. The highest BCUT2D eigenvalue weighted by atomic mass is 16.5. The molecular weight excluding hydrogens is 114 g/mol. The van der Waals surface area contributed by atoms with Gasteiger partial charge >= 0.3 is 0 Å². The van der Waals surface area contributed by atoms with Crippen LogP contribution in [0.3, 0.4) is 0 Å². The average Bonchev–Trinajstić information content (AvgIpc) is 2.11. The van der Waals surface area contributed by atoms with E-state index in [1.807, 2.05) is 0 Å². The van der Waals surface area contributed by atoms with Crippen molar-refractivity contribution in [2.75, 3.05) is 26.3 Å². The van der Waals surface area contributed by atoms with Crippen LogP contribution in [0.2, 0.25) is 0 Å². The van der Waals surface area contributed by atoms with Crippen LogP contribution in [0.1, 0.15) is 0 Å². The lowest BCUT2D eigenvalue weighted by atomic mass is 10.2. The Morgan fingerprint density at radius 3 is 2.33 bits per heavy atom. The summed E-state index contributed by atoms with van der Waals surface area (Å²) in [5, 5.41) is 0. The second-order valence-corrected chi connectivity index (χ2v) is 2.62. The van der Waals surface area contributed by atoms with Crippen LogP contribution in [0.25, 0.3) is 0 Å². The molecule has 0 aliphatic carbocycles. The van der Waals surface area contributed by atoms with Crippen LogP contribution in [-0.4, -0.2) is 37.2 Å². The van der Waals surface area contributed by atoms with E-state index < -0.39 is 0 Å². The fraction of sp³-hybridized carbons (Fsp3) is 0.714. The Balaban J connectivity index is 1.85. The minimum atomic E-state index is 0.722. The van der Waals surface area contributed by atoms with Crippen LogP contribution >= 0.6 is 0 Å². The predicted octanol–water partition coefficient (Wildman–Crippen LogP) is 0.257. The minimum Gasteiger partial charge on any atom is -0.378 e. The van der Waals surface area contributed by atoms with E-state index in [0.717, 1.165) is 32.3 Å². The third kappa shape index (κ3) is 0.884. The van der Waals surface area contributed by atoms with Crippen LogP contribution in [0.15, 0.2) is 12.2 Å². The van der Waals surface area contributed by atoms with Gasteiger partial charge in [0.15, 0.2) is 0 Å². The molecule has 2 heteroatoms. The van der Waals surface area contributed by atoms with Crippen molar-refractivity contribution >= 4 is 0 Å². The molecule has 0 unspecified atom stereocenters. The smallest absolute Gasteiger partial charge is 0.0645 e. The molecule has 0 aromatic heterocycles. The summed E-state index contributed by atoms with van der Waals surface area (Å²) in [6.07, 6.45) is 4.44. The number of rotatable bonds is 1. The summed E-state index contributed by atoms with van der Waals surface area (Å²) in [5.41, 5.74) is 0. The quantitative estimate of drug-likeness (QED) is 0.466. The van der Waals surface area contributed by atoms with Gasteiger partial charge in [-0.25, -0.2) is 0 Å². The molecule has 1 fully saturated rings. The van der Waals surface area contributed by atoms with E-state index in [2.05, 4.69) is 17.1 Å². The summed E-state index contributed by atoms with van der Waals surface area (Å²) in [6, 6.07) is 0.722. The molecule has 2 nitrogen and oxygen atoms in total. The monoisotopic (exact) mass is 125 g/mol. The van der Waals surface area contributed by atoms with Crippen molar-refractivity contribution in [3.05, 3.63) is 12.2 Å². The fourth-order valence-corrected chi connectivity index (χ4v) is 1.23. The molecule has 0 bridgehead atoms. The molecule has 9 heavy (non-hydrogen) atoms. The number of hydrogen-bond donors (Lipinski definition) is 0. The van der Waals surface area contributed by atoms with E-state index >= 15 is 0 Å². The van der Waals surface area contributed by atoms with Gasteiger partial charge < -0.3 is 4.74 Å². The molecule has 0 atom stereocenters. The minimum absolute atomic E-state index is 0.722. The fourth-order valence-electron chi connectivity index (χ4n) is 1.23. The Morgan fingerprint density at radius 1 is 1.22 bits per heavy atom. The lowest BCUT2D eigenvalue weighted by Crippen LogP contribution is -2.47. The summed E-state index contributed by atoms with van der Waals surface area (Å²) in [7, 11) is 0. The van der Waals surface area contributed by atoms with E-state index in [1.54, 1.807) is 0 Å². The highest BCUT2D eigenvalue weighted by Crippen LogP contribution is 2.12. The topological polar surface area (TPSA) is 12.5 Å². The molecule has 2 rings (SSSR count). The highest BCUT2D eigenvalue weighted by Gasteiger charge is 2.25. The lowest BCUT2D eigenvalue weighted by Gasteiger charge is -2.34. The molecule has 2 heterocycles. The van der Waals surface area contributed by atoms with Gasteiger partial charge in [-0.05, 0) is 0 Å². The summed E-state index contributed by atoms with van der Waals surface area (Å²) in [5.74, 6) is 0. The van der Waals surface area contributed by atoms with Crippen molar-refractivity contribution in [3.8, 4) is 0 Å². The Hall–Kier alpha value is -0.340. The van der Waals surface area contributed by atoms with Gasteiger partial charge in [0.2, 0.25) is 0 Å². The van der Waals surface area contributed by atoms with Crippen LogP contribution < -0.4 is 0 Å². The number of ether oxygens (including phenoxy) is 1. The van der Waals surface area contributed by atoms with E-state index in [1.165, 1.54) is 0 Å². The summed E-state index contributed by atoms with van der Waals surface area (Å²) in [4.78, 5) is 2.43. The second-order valence-electron chi connectivity index (χ2n) is 2.62. The first kappa shape index (κ1) is 5.45. The maximum absolute atomic E-state index is 5.08. The van der Waals surface area contributed by atoms with E-state index in [0.29, 0.717) is 0 Å². The second kappa shape index (κ2) is 2.12. The highest BCUT2D eigenvalue weighted by molar-refractivity contribution is 4.98. The normalized spacial score (nSPS) is 28.9. The van der Waals surface area contributed by atoms with Crippen molar-refractivity contribution in [1.29, 1.82) is 0 Å². The molecule has 0 N–H and O–H groups in total. The van der Waals surface area contributed by atoms with E-state index in [9.17, 15) is 0 Å². The zero-order valence-electron chi connectivity index (χ0n) is 5.42. The van der Waals surface area contributed by atoms with Crippen molar-refractivity contribution in [1.82, 2.24) is 4.90 Å². The van der Waals surface area contributed by atoms with E-state index in [-0.39, 0.29) is 0 Å². The number of hydrogen-bond acceptors (Lipinski definition) is 2. The number of nitrogens with zero attached hydrogens (tertiary/aromatic N) is 1. The van der Waals surface area contributed by atoms with Gasteiger partial charge in [-0.15, -0.1) is 0 Å². The molecular formula is C7H11NO. The molecule has 1 saturated heterocycles. The van der Waals surface area contributed by atoms with Crippen molar-refractivity contribution in [2.24, 2.45) is 0 Å². The van der Waals surface area contributed by atoms with Gasteiger partial charge in [0.25, 0.3) is 0 Å². The van der Waals surface area contributed by atoms with Gasteiger partial charge in [-0.1, -0.05) is 12.2 Å². The summed E-state index contributed by atoms with van der Waals surface area (Å²) in [6.45, 7) is 4.16. The van der Waals surface area contributed by atoms with Crippen molar-refractivity contribution in [2.45, 2.75) is 6.04 Å². The molecule has 2 aliphatic heterocycles. The Kier molecular flexibility index (Phi) is 1.28. The van der Waals surface area contributed by atoms with Gasteiger partial charge in [-0.3, -0.25) is 4.90 Å². The lowest BCUT2D eigenvalue weighted by molar-refractivity contribution is -0.0551. The Labute approximate surface area is 55.1 Å². The Morgan fingerprint density at radius 2 is 1.89 bits per heavy atom. The summed E-state index contributed by atoms with van der Waals surface area (Å²) < 4.78 is 5.08. The molecule has 0 spiro atoms. The largest absolute Gasteiger partial charge is 0.378 e. The van der Waals surface area contributed by atoms with Crippen LogP contribution in [0, 0.1) is 0 Å². The van der Waals surface area contributed by atoms with Gasteiger partial charge in [0.1, 0.15) is 0 Å². The van der Waals surface area contributed by atoms with Gasteiger partial charge in [0.05, 0.1) is 19.3 Å². The summed E-state index contributed by atoms with van der Waals surface area (Å²) >= 11 is 0. The van der Waals surface area contributed by atoms with Crippen molar-refractivity contribution < 1.29 is 4.74 Å². The first-order valence-electron chi connectivity index (χ1n) is 3.43. The zero-order valence-corrected chi connectivity index (χ0v) is 5.42. The SMILES string of the molecule is C1=CCN(C2COC2)C1. The molecule has 0 aromatic rings. The predicted molar refractivity (Wildman–Crippen MR) is 35.3 cm³/mol. The zero-order chi connectivity index (χ0) is 6.10. The first-order chi connectivity index (χ1) is 4.47. The molecule has 0 radical (unpaired) electrons. The third-order valence-corrected chi connectivity index (χ3v) is 1.98. The molecule has 2 aliphatic rings. The standard InChI is InChI=1S/C7H11NO/c1-2-4-8(3-1)7-5-9-6-7/h1-2,7H,3-6H2.